The van der Waals surface area contributed by atoms with E-state index in [4.69, 9.17) is 0 Å². The van der Waals surface area contributed by atoms with Gasteiger partial charge >= 0.3 is 92.4 Å². The van der Waals surface area contributed by atoms with Gasteiger partial charge in [0.25, 0.3) is 0 Å². The van der Waals surface area contributed by atoms with E-state index in [9.17, 15) is 0 Å². The van der Waals surface area contributed by atoms with Gasteiger partial charge in [-0.15, -0.1) is 12.6 Å². The normalized spacial score (nSPS) is 10.4. The molecule has 121 valence electrons. The number of rotatable bonds is 9. The summed E-state index contributed by atoms with van der Waals surface area (Å²) in [6.07, 6.45) is 8.85. The van der Waals surface area contributed by atoms with Gasteiger partial charge in [-0.2, -0.15) is 0 Å². The van der Waals surface area contributed by atoms with E-state index in [1.807, 2.05) is 24.3 Å². The van der Waals surface area contributed by atoms with Crippen molar-refractivity contribution in [3.8, 4) is 0 Å². The molecule has 0 heterocycles. The Bertz CT molecular complexity index is 281. The summed E-state index contributed by atoms with van der Waals surface area (Å²) < 4.78 is 5.04. The molecule has 0 aromatic heterocycles. The van der Waals surface area contributed by atoms with Crippen molar-refractivity contribution in [3.63, 3.8) is 0 Å². The Balaban J connectivity index is 0.000000423. The molecule has 0 amide bonds. The fourth-order valence-electron chi connectivity index (χ4n) is 2.20. The van der Waals surface area contributed by atoms with Crippen LogP contribution in [0.15, 0.2) is 29.2 Å². The molecule has 0 nitrogen and oxygen atoms in total. The average Bonchev–Trinajstić information content (AvgIpc) is 2.50. The van der Waals surface area contributed by atoms with Gasteiger partial charge in [-0.1, -0.05) is 17.7 Å². The van der Waals surface area contributed by atoms with Crippen LogP contribution in [0.4, 0.5) is 0 Å². The maximum Gasteiger partial charge on any atom is 0.00401 e. The van der Waals surface area contributed by atoms with Crippen molar-refractivity contribution < 1.29 is 0 Å². The van der Waals surface area contributed by atoms with Crippen LogP contribution in [-0.4, -0.2) is 19.8 Å². The third kappa shape index (κ3) is 13.7. The molecule has 1 radical (unpaired) electrons. The molecule has 21 heavy (non-hydrogen) atoms. The Morgan fingerprint density at radius 3 is 1.43 bits per heavy atom. The molecule has 0 aliphatic heterocycles. The maximum absolute atomic E-state index is 4.13. The maximum atomic E-state index is 4.13. The molecular formula is C19H35SSn. The molecule has 0 bridgehead atoms. The van der Waals surface area contributed by atoms with Crippen LogP contribution in [-0.2, 0) is 0 Å². The van der Waals surface area contributed by atoms with E-state index in [0.717, 1.165) is 4.90 Å². The summed E-state index contributed by atoms with van der Waals surface area (Å²) in [5, 5.41) is 0. The van der Waals surface area contributed by atoms with E-state index in [-0.39, 0.29) is 0 Å². The minimum atomic E-state index is -0.839. The Kier molecular flexibility index (Phi) is 15.5. The van der Waals surface area contributed by atoms with Crippen molar-refractivity contribution in [2.75, 3.05) is 0 Å². The Hall–Kier alpha value is 0.369. The SMILES string of the molecule is CCC[CH2][Sn]([CH2]CCC)[CH2]CCC.Cc1ccc(S)cc1. The monoisotopic (exact) mass is 415 g/mol. The van der Waals surface area contributed by atoms with E-state index in [2.05, 4.69) is 40.3 Å². The molecule has 0 fully saturated rings. The molecule has 0 N–H and O–H groups in total. The van der Waals surface area contributed by atoms with Crippen LogP contribution in [0.2, 0.25) is 13.3 Å². The first-order valence-electron chi connectivity index (χ1n) is 8.73. The first-order valence-corrected chi connectivity index (χ1v) is 15.2. The van der Waals surface area contributed by atoms with Crippen molar-refractivity contribution in [3.05, 3.63) is 29.8 Å². The zero-order valence-corrected chi connectivity index (χ0v) is 18.4. The van der Waals surface area contributed by atoms with Crippen LogP contribution in [0.3, 0.4) is 0 Å². The summed E-state index contributed by atoms with van der Waals surface area (Å²) in [5.41, 5.74) is 1.28. The van der Waals surface area contributed by atoms with Crippen molar-refractivity contribution in [1.29, 1.82) is 0 Å². The van der Waals surface area contributed by atoms with Gasteiger partial charge in [0.1, 0.15) is 0 Å². The van der Waals surface area contributed by atoms with Crippen molar-refractivity contribution in [1.82, 2.24) is 0 Å². The van der Waals surface area contributed by atoms with Crippen molar-refractivity contribution in [2.45, 2.75) is 84.4 Å². The van der Waals surface area contributed by atoms with Gasteiger partial charge in [0.2, 0.25) is 0 Å². The topological polar surface area (TPSA) is 0 Å². The number of thiol groups is 1. The summed E-state index contributed by atoms with van der Waals surface area (Å²) in [7, 11) is 0. The predicted octanol–water partition coefficient (Wildman–Crippen LogP) is 7.17. The molecule has 1 aromatic carbocycles. The molecule has 0 saturated heterocycles. The Morgan fingerprint density at radius 1 is 0.762 bits per heavy atom. The van der Waals surface area contributed by atoms with Gasteiger partial charge < -0.3 is 0 Å². The number of benzene rings is 1. The molecule has 0 saturated carbocycles. The average molecular weight is 414 g/mol. The quantitative estimate of drug-likeness (QED) is 0.322. The van der Waals surface area contributed by atoms with E-state index in [1.165, 1.54) is 44.1 Å². The van der Waals surface area contributed by atoms with Crippen LogP contribution in [0.25, 0.3) is 0 Å². The number of aryl methyl sites for hydroxylation is 1. The van der Waals surface area contributed by atoms with Gasteiger partial charge in [-0.05, 0) is 19.1 Å². The van der Waals surface area contributed by atoms with E-state index in [1.54, 1.807) is 13.3 Å². The largest absolute Gasteiger partial charge is 0.143 e. The third-order valence-electron chi connectivity index (χ3n) is 3.69. The van der Waals surface area contributed by atoms with Gasteiger partial charge in [0.15, 0.2) is 0 Å². The molecule has 0 unspecified atom stereocenters. The molecular weight excluding hydrogens is 379 g/mol. The third-order valence-corrected chi connectivity index (χ3v) is 13.1. The zero-order chi connectivity index (χ0) is 15.9. The van der Waals surface area contributed by atoms with Gasteiger partial charge in [0.05, 0.1) is 0 Å². The van der Waals surface area contributed by atoms with Gasteiger partial charge in [0, 0.05) is 4.90 Å². The Morgan fingerprint density at radius 2 is 1.14 bits per heavy atom. The van der Waals surface area contributed by atoms with Gasteiger partial charge in [-0.25, -0.2) is 0 Å². The second kappa shape index (κ2) is 15.3. The number of hydrogen-bond donors (Lipinski definition) is 1. The minimum absolute atomic E-state index is 0.839. The molecule has 2 heteroatoms. The van der Waals surface area contributed by atoms with Crippen LogP contribution in [0.5, 0.6) is 0 Å². The smallest absolute Gasteiger partial charge is 0.00401 e. The molecule has 1 rings (SSSR count). The first kappa shape index (κ1) is 21.4. The van der Waals surface area contributed by atoms with E-state index in [0.29, 0.717) is 0 Å². The molecule has 0 aliphatic carbocycles. The van der Waals surface area contributed by atoms with E-state index >= 15 is 0 Å². The fourth-order valence-corrected chi connectivity index (χ4v) is 11.8. The standard InChI is InChI=1S/C7H8S.3C4H9.Sn/c1-6-2-4-7(8)5-3-6;3*1-3-4-2;/h2-5,8H,1H3;3*1,3-4H2,2H3;. The molecule has 1 aromatic rings. The first-order chi connectivity index (χ1) is 10.1. The summed E-state index contributed by atoms with van der Waals surface area (Å²) in [6.45, 7) is 9.06. The minimum Gasteiger partial charge on any atom is -0.143 e. The second-order valence-corrected chi connectivity index (χ2v) is 15.0. The summed E-state index contributed by atoms with van der Waals surface area (Å²) in [6, 6.07) is 8.06. The fraction of sp³-hybridized carbons (Fsp3) is 0.684. The second-order valence-electron chi connectivity index (χ2n) is 5.90. The van der Waals surface area contributed by atoms with Crippen LogP contribution in [0.1, 0.15) is 64.9 Å². The number of unbranched alkanes of at least 4 members (excludes halogenated alkanes) is 3. The summed E-state index contributed by atoms with van der Waals surface area (Å²) in [4.78, 5) is 1.02. The van der Waals surface area contributed by atoms with Crippen LogP contribution >= 0.6 is 12.6 Å². The zero-order valence-electron chi connectivity index (χ0n) is 14.6. The summed E-state index contributed by atoms with van der Waals surface area (Å²) in [5.74, 6) is 0. The molecule has 0 spiro atoms. The van der Waals surface area contributed by atoms with Gasteiger partial charge in [-0.3, -0.25) is 0 Å². The number of hydrogen-bond acceptors (Lipinski definition) is 1. The Labute approximate surface area is 146 Å². The molecule has 0 atom stereocenters. The van der Waals surface area contributed by atoms with Crippen LogP contribution < -0.4 is 0 Å². The van der Waals surface area contributed by atoms with Crippen molar-refractivity contribution >= 4 is 32.4 Å². The molecule has 0 aliphatic rings. The van der Waals surface area contributed by atoms with E-state index < -0.39 is 19.8 Å². The predicted molar refractivity (Wildman–Crippen MR) is 103 cm³/mol. The van der Waals surface area contributed by atoms with Crippen molar-refractivity contribution in [2.24, 2.45) is 0 Å². The van der Waals surface area contributed by atoms with Crippen LogP contribution in [0, 0.1) is 6.92 Å². The summed E-state index contributed by atoms with van der Waals surface area (Å²) >= 11 is 3.29.